The van der Waals surface area contributed by atoms with Crippen molar-refractivity contribution in [2.75, 3.05) is 13.1 Å². The molecule has 1 aliphatic rings. The van der Waals surface area contributed by atoms with Crippen molar-refractivity contribution in [1.82, 2.24) is 14.8 Å². The van der Waals surface area contributed by atoms with Crippen LogP contribution in [0.2, 0.25) is 0 Å². The number of hydrogen-bond donors (Lipinski definition) is 1. The number of amides is 2. The molecule has 2 aromatic heterocycles. The van der Waals surface area contributed by atoms with E-state index in [1.165, 1.54) is 11.3 Å². The first-order valence-electron chi connectivity index (χ1n) is 8.86. The van der Waals surface area contributed by atoms with E-state index in [2.05, 4.69) is 5.32 Å². The van der Waals surface area contributed by atoms with Crippen LogP contribution in [0.25, 0.3) is 0 Å². The first-order chi connectivity index (χ1) is 12.1. The monoisotopic (exact) mass is 359 g/mol. The van der Waals surface area contributed by atoms with E-state index in [9.17, 15) is 9.59 Å². The summed E-state index contributed by atoms with van der Waals surface area (Å²) in [5.41, 5.74) is 1.05. The molecular weight excluding hydrogens is 334 g/mol. The van der Waals surface area contributed by atoms with E-state index < -0.39 is 0 Å². The lowest BCUT2D eigenvalue weighted by Gasteiger charge is -2.23. The van der Waals surface area contributed by atoms with Gasteiger partial charge in [0.1, 0.15) is 0 Å². The quantitative estimate of drug-likeness (QED) is 0.861. The molecule has 3 rings (SSSR count). The van der Waals surface area contributed by atoms with Crippen molar-refractivity contribution in [2.24, 2.45) is 7.05 Å². The molecule has 2 amide bonds. The average Bonchev–Trinajstić information content (AvgIpc) is 3.32. The van der Waals surface area contributed by atoms with Gasteiger partial charge in [-0.25, -0.2) is 0 Å². The summed E-state index contributed by atoms with van der Waals surface area (Å²) in [6.07, 6.45) is 7.30. The predicted octanol–water partition coefficient (Wildman–Crippen LogP) is 3.13. The molecule has 134 valence electrons. The van der Waals surface area contributed by atoms with Crippen LogP contribution < -0.4 is 5.32 Å². The van der Waals surface area contributed by atoms with Gasteiger partial charge in [-0.1, -0.05) is 6.92 Å². The summed E-state index contributed by atoms with van der Waals surface area (Å²) in [4.78, 5) is 28.7. The number of carbonyl (C=O) groups is 2. The molecule has 1 atom stereocenters. The second-order valence-corrected chi connectivity index (χ2v) is 7.68. The lowest BCUT2D eigenvalue weighted by molar-refractivity contribution is -0.131. The van der Waals surface area contributed by atoms with Gasteiger partial charge in [-0.2, -0.15) is 0 Å². The van der Waals surface area contributed by atoms with Crippen LogP contribution in [-0.2, 0) is 18.3 Å². The first kappa shape index (κ1) is 17.7. The highest BCUT2D eigenvalue weighted by atomic mass is 32.1. The predicted molar refractivity (Wildman–Crippen MR) is 99.7 cm³/mol. The molecule has 6 heteroatoms. The molecule has 5 nitrogen and oxygen atoms in total. The van der Waals surface area contributed by atoms with Crippen LogP contribution in [0.4, 0.5) is 0 Å². The SMILES string of the molecule is CCCNC(=O)c1ccc(C2CCCN2C(=O)Cc2ccn(C)c2)s1. The fourth-order valence-corrected chi connectivity index (χ4v) is 4.35. The van der Waals surface area contributed by atoms with Crippen LogP contribution >= 0.6 is 11.3 Å². The minimum atomic E-state index is -0.0155. The van der Waals surface area contributed by atoms with Crippen molar-refractivity contribution < 1.29 is 9.59 Å². The molecule has 1 saturated heterocycles. The molecule has 0 aromatic carbocycles. The van der Waals surface area contributed by atoms with E-state index in [0.29, 0.717) is 13.0 Å². The molecular formula is C19H25N3O2S. The van der Waals surface area contributed by atoms with Gasteiger partial charge in [-0.3, -0.25) is 9.59 Å². The number of rotatable bonds is 6. The Morgan fingerprint density at radius 1 is 1.32 bits per heavy atom. The Kier molecular flexibility index (Phi) is 5.58. The Bertz CT molecular complexity index is 749. The Balaban J connectivity index is 1.68. The number of hydrogen-bond acceptors (Lipinski definition) is 3. The van der Waals surface area contributed by atoms with E-state index in [0.717, 1.165) is 41.1 Å². The molecule has 1 aliphatic heterocycles. The largest absolute Gasteiger partial charge is 0.357 e. The second kappa shape index (κ2) is 7.87. The topological polar surface area (TPSA) is 54.3 Å². The number of carbonyl (C=O) groups excluding carboxylic acids is 2. The number of thiophene rings is 1. The van der Waals surface area contributed by atoms with E-state index in [1.807, 2.05) is 54.0 Å². The minimum Gasteiger partial charge on any atom is -0.357 e. The molecule has 0 bridgehead atoms. The Hall–Kier alpha value is -2.08. The van der Waals surface area contributed by atoms with Crippen molar-refractivity contribution in [2.45, 2.75) is 38.6 Å². The third kappa shape index (κ3) is 4.12. The number of aryl methyl sites for hydroxylation is 1. The molecule has 1 N–H and O–H groups in total. The molecule has 25 heavy (non-hydrogen) atoms. The molecule has 2 aromatic rings. The minimum absolute atomic E-state index is 0.0155. The molecule has 0 saturated carbocycles. The number of aromatic nitrogens is 1. The average molecular weight is 359 g/mol. The van der Waals surface area contributed by atoms with Gasteiger partial charge in [0, 0.05) is 37.4 Å². The summed E-state index contributed by atoms with van der Waals surface area (Å²) >= 11 is 1.51. The smallest absolute Gasteiger partial charge is 0.261 e. The number of nitrogens with zero attached hydrogens (tertiary/aromatic N) is 2. The standard InChI is InChI=1S/C19H25N3O2S/c1-3-9-20-19(24)17-7-6-16(25-17)15-5-4-10-22(15)18(23)12-14-8-11-21(2)13-14/h6-8,11,13,15H,3-5,9-10,12H2,1-2H3,(H,20,24). The molecule has 3 heterocycles. The maximum Gasteiger partial charge on any atom is 0.261 e. The molecule has 1 unspecified atom stereocenters. The van der Waals surface area contributed by atoms with Crippen LogP contribution in [0.1, 0.15) is 52.3 Å². The zero-order valence-corrected chi connectivity index (χ0v) is 15.6. The van der Waals surface area contributed by atoms with Gasteiger partial charge in [0.05, 0.1) is 17.3 Å². The highest BCUT2D eigenvalue weighted by molar-refractivity contribution is 7.14. The van der Waals surface area contributed by atoms with E-state index in [1.54, 1.807) is 0 Å². The third-order valence-corrected chi connectivity index (χ3v) is 5.72. The van der Waals surface area contributed by atoms with Crippen molar-refractivity contribution in [3.05, 3.63) is 45.9 Å². The van der Waals surface area contributed by atoms with Crippen molar-refractivity contribution in [1.29, 1.82) is 0 Å². The summed E-state index contributed by atoms with van der Waals surface area (Å²) < 4.78 is 1.96. The highest BCUT2D eigenvalue weighted by Crippen LogP contribution is 2.36. The van der Waals surface area contributed by atoms with Gasteiger partial charge in [-0.15, -0.1) is 11.3 Å². The maximum absolute atomic E-state index is 12.7. The zero-order chi connectivity index (χ0) is 17.8. The van der Waals surface area contributed by atoms with Crippen LogP contribution in [-0.4, -0.2) is 34.4 Å². The Labute approximate surface area is 152 Å². The first-order valence-corrected chi connectivity index (χ1v) is 9.68. The van der Waals surface area contributed by atoms with Gasteiger partial charge < -0.3 is 14.8 Å². The van der Waals surface area contributed by atoms with Gasteiger partial charge in [0.15, 0.2) is 0 Å². The van der Waals surface area contributed by atoms with Gasteiger partial charge in [0.25, 0.3) is 5.91 Å². The molecule has 0 spiro atoms. The number of likely N-dealkylation sites (tertiary alicyclic amines) is 1. The lowest BCUT2D eigenvalue weighted by atomic mass is 10.1. The fourth-order valence-electron chi connectivity index (χ4n) is 3.28. The zero-order valence-electron chi connectivity index (χ0n) is 14.8. The molecule has 0 radical (unpaired) electrons. The molecule has 1 fully saturated rings. The summed E-state index contributed by atoms with van der Waals surface area (Å²) in [6, 6.07) is 5.98. The van der Waals surface area contributed by atoms with E-state index in [4.69, 9.17) is 0 Å². The summed E-state index contributed by atoms with van der Waals surface area (Å²) in [6.45, 7) is 3.53. The van der Waals surface area contributed by atoms with E-state index in [-0.39, 0.29) is 17.9 Å². The van der Waals surface area contributed by atoms with Crippen molar-refractivity contribution in [3.8, 4) is 0 Å². The Morgan fingerprint density at radius 2 is 2.16 bits per heavy atom. The number of nitrogens with one attached hydrogen (secondary N) is 1. The van der Waals surface area contributed by atoms with E-state index >= 15 is 0 Å². The van der Waals surface area contributed by atoms with Crippen molar-refractivity contribution in [3.63, 3.8) is 0 Å². The second-order valence-electron chi connectivity index (χ2n) is 6.57. The normalized spacial score (nSPS) is 17.0. The summed E-state index contributed by atoms with van der Waals surface area (Å²) in [7, 11) is 1.96. The lowest BCUT2D eigenvalue weighted by Crippen LogP contribution is -2.31. The van der Waals surface area contributed by atoms with Crippen LogP contribution in [0.5, 0.6) is 0 Å². The third-order valence-electron chi connectivity index (χ3n) is 4.54. The van der Waals surface area contributed by atoms with Crippen LogP contribution in [0.3, 0.4) is 0 Å². The molecule has 0 aliphatic carbocycles. The van der Waals surface area contributed by atoms with Crippen LogP contribution in [0.15, 0.2) is 30.6 Å². The summed E-state index contributed by atoms with van der Waals surface area (Å²) in [5, 5.41) is 2.91. The van der Waals surface area contributed by atoms with Gasteiger partial charge >= 0.3 is 0 Å². The Morgan fingerprint density at radius 3 is 2.88 bits per heavy atom. The summed E-state index contributed by atoms with van der Waals surface area (Å²) in [5.74, 6) is 0.150. The maximum atomic E-state index is 12.7. The van der Waals surface area contributed by atoms with Crippen molar-refractivity contribution >= 4 is 23.2 Å². The highest BCUT2D eigenvalue weighted by Gasteiger charge is 2.31. The van der Waals surface area contributed by atoms with Gasteiger partial charge in [0.2, 0.25) is 5.91 Å². The van der Waals surface area contributed by atoms with Gasteiger partial charge in [-0.05, 0) is 43.0 Å². The fraction of sp³-hybridized carbons (Fsp3) is 0.474. The van der Waals surface area contributed by atoms with Crippen LogP contribution in [0, 0.1) is 0 Å².